The largest absolute Gasteiger partial charge is 0.466 e. The van der Waals surface area contributed by atoms with E-state index in [4.69, 9.17) is 16.3 Å². The molecule has 0 N–H and O–H groups in total. The van der Waals surface area contributed by atoms with Crippen molar-refractivity contribution in [3.05, 3.63) is 47.5 Å². The van der Waals surface area contributed by atoms with E-state index in [2.05, 4.69) is 6.58 Å². The smallest absolute Gasteiger partial charge is 0.312 e. The Labute approximate surface area is 182 Å². The fourth-order valence-electron chi connectivity index (χ4n) is 4.41. The minimum absolute atomic E-state index is 0.00105. The van der Waals surface area contributed by atoms with Gasteiger partial charge in [-0.2, -0.15) is 0 Å². The molecule has 0 aliphatic carbocycles. The number of nitrogens with zero attached hydrogens (tertiary/aromatic N) is 2. The molecule has 6 nitrogen and oxygen atoms in total. The van der Waals surface area contributed by atoms with Crippen molar-refractivity contribution in [3.63, 3.8) is 0 Å². The normalized spacial score (nSPS) is 20.9. The molecule has 2 fully saturated rings. The quantitative estimate of drug-likeness (QED) is 0.490. The summed E-state index contributed by atoms with van der Waals surface area (Å²) in [4.78, 5) is 41.4. The average Bonchev–Trinajstić information content (AvgIpc) is 3.11. The fourth-order valence-corrected chi connectivity index (χ4v) is 4.54. The molecule has 162 valence electrons. The van der Waals surface area contributed by atoms with Gasteiger partial charge in [0.05, 0.1) is 17.9 Å². The van der Waals surface area contributed by atoms with Gasteiger partial charge in [-0.3, -0.25) is 14.4 Å². The number of ether oxygens (including phenoxy) is 1. The van der Waals surface area contributed by atoms with Crippen LogP contribution in [-0.2, 0) is 25.5 Å². The summed E-state index contributed by atoms with van der Waals surface area (Å²) in [5.41, 5.74) is 0.370. The molecule has 7 heteroatoms. The van der Waals surface area contributed by atoms with Crippen molar-refractivity contribution < 1.29 is 19.1 Å². The summed E-state index contributed by atoms with van der Waals surface area (Å²) in [6.07, 6.45) is 3.56. The Hall–Kier alpha value is -2.34. The van der Waals surface area contributed by atoms with Gasteiger partial charge in [0, 0.05) is 37.6 Å². The Morgan fingerprint density at radius 1 is 1.27 bits per heavy atom. The molecule has 2 heterocycles. The van der Waals surface area contributed by atoms with Crippen LogP contribution in [0.25, 0.3) is 0 Å². The minimum atomic E-state index is -0.652. The van der Waals surface area contributed by atoms with E-state index in [-0.39, 0.29) is 30.1 Å². The molecule has 0 spiro atoms. The number of likely N-dealkylation sites (tertiary alicyclic amines) is 2. The highest BCUT2D eigenvalue weighted by Crippen LogP contribution is 2.37. The van der Waals surface area contributed by atoms with E-state index >= 15 is 0 Å². The summed E-state index contributed by atoms with van der Waals surface area (Å²) in [6.45, 7) is 7.67. The lowest BCUT2D eigenvalue weighted by Crippen LogP contribution is -2.49. The number of carbonyl (C=O) groups is 3. The van der Waals surface area contributed by atoms with E-state index in [1.807, 2.05) is 24.3 Å². The maximum Gasteiger partial charge on any atom is 0.312 e. The Kier molecular flexibility index (Phi) is 7.19. The highest BCUT2D eigenvalue weighted by Gasteiger charge is 2.45. The number of hydrogen-bond donors (Lipinski definition) is 0. The van der Waals surface area contributed by atoms with Crippen LogP contribution in [0.2, 0.25) is 5.02 Å². The molecule has 0 bridgehead atoms. The lowest BCUT2D eigenvalue weighted by molar-refractivity contribution is -0.160. The van der Waals surface area contributed by atoms with Crippen LogP contribution in [0, 0.1) is 11.3 Å². The lowest BCUT2D eigenvalue weighted by Gasteiger charge is -2.40. The van der Waals surface area contributed by atoms with E-state index in [1.165, 1.54) is 0 Å². The first-order valence-corrected chi connectivity index (χ1v) is 10.9. The lowest BCUT2D eigenvalue weighted by atomic mass is 9.73. The topological polar surface area (TPSA) is 66.9 Å². The van der Waals surface area contributed by atoms with E-state index in [1.54, 1.807) is 22.8 Å². The van der Waals surface area contributed by atoms with E-state index in [0.717, 1.165) is 5.56 Å². The molecule has 0 radical (unpaired) electrons. The number of halogens is 1. The second-order valence-electron chi connectivity index (χ2n) is 8.12. The second-order valence-corrected chi connectivity index (χ2v) is 8.55. The highest BCUT2D eigenvalue weighted by molar-refractivity contribution is 6.30. The molecular formula is C23H29ClN2O4. The van der Waals surface area contributed by atoms with Crippen LogP contribution in [0.1, 0.15) is 31.7 Å². The molecule has 1 aromatic rings. The molecule has 2 aliphatic heterocycles. The number of amides is 2. The summed E-state index contributed by atoms with van der Waals surface area (Å²) in [5.74, 6) is -0.531. The number of rotatable bonds is 7. The van der Waals surface area contributed by atoms with Crippen molar-refractivity contribution in [2.45, 2.75) is 32.6 Å². The third kappa shape index (κ3) is 4.86. The zero-order chi connectivity index (χ0) is 21.7. The first kappa shape index (κ1) is 22.3. The second kappa shape index (κ2) is 9.65. The monoisotopic (exact) mass is 432 g/mol. The molecular weight excluding hydrogens is 404 g/mol. The third-order valence-corrected chi connectivity index (χ3v) is 6.36. The molecule has 0 saturated carbocycles. The minimum Gasteiger partial charge on any atom is -0.466 e. The molecule has 3 rings (SSSR count). The van der Waals surface area contributed by atoms with E-state index < -0.39 is 5.41 Å². The van der Waals surface area contributed by atoms with E-state index in [0.29, 0.717) is 57.1 Å². The molecule has 1 atom stereocenters. The summed E-state index contributed by atoms with van der Waals surface area (Å²) in [6, 6.07) is 7.50. The van der Waals surface area contributed by atoms with Crippen LogP contribution in [0.5, 0.6) is 0 Å². The van der Waals surface area contributed by atoms with Crippen LogP contribution in [-0.4, -0.2) is 60.4 Å². The molecule has 0 unspecified atom stereocenters. The van der Waals surface area contributed by atoms with Gasteiger partial charge in [0.15, 0.2) is 0 Å². The standard InChI is InChI=1S/C23H29ClN2O4/c1-3-11-26-16-18(14-20(26)27)21(28)25-12-9-23(10-13-25,22(29)30-4-2)15-17-5-7-19(24)8-6-17/h3,5-8,18H,1,4,9-16H2,2H3/t18-/m0/s1. The van der Waals surface area contributed by atoms with Gasteiger partial charge in [-0.15, -0.1) is 6.58 Å². The van der Waals surface area contributed by atoms with Gasteiger partial charge in [-0.05, 0) is 43.9 Å². The van der Waals surface area contributed by atoms with Gasteiger partial charge in [0.1, 0.15) is 0 Å². The zero-order valence-electron chi connectivity index (χ0n) is 17.4. The Morgan fingerprint density at radius 3 is 2.53 bits per heavy atom. The summed E-state index contributed by atoms with van der Waals surface area (Å²) in [5, 5.41) is 0.654. The summed E-state index contributed by atoms with van der Waals surface area (Å²) in [7, 11) is 0. The van der Waals surface area contributed by atoms with Gasteiger partial charge < -0.3 is 14.5 Å². The van der Waals surface area contributed by atoms with Crippen LogP contribution in [0.15, 0.2) is 36.9 Å². The highest BCUT2D eigenvalue weighted by atomic mass is 35.5. The zero-order valence-corrected chi connectivity index (χ0v) is 18.2. The maximum absolute atomic E-state index is 13.0. The molecule has 2 saturated heterocycles. The number of carbonyl (C=O) groups excluding carboxylic acids is 3. The number of esters is 1. The molecule has 0 aromatic heterocycles. The predicted molar refractivity (Wildman–Crippen MR) is 115 cm³/mol. The number of piperidine rings is 1. The SMILES string of the molecule is C=CCN1C[C@@H](C(=O)N2CCC(Cc3ccc(Cl)cc3)(C(=O)OCC)CC2)CC1=O. The van der Waals surface area contributed by atoms with Gasteiger partial charge in [0.25, 0.3) is 0 Å². The van der Waals surface area contributed by atoms with Gasteiger partial charge >= 0.3 is 5.97 Å². The number of benzene rings is 1. The van der Waals surface area contributed by atoms with Crippen LogP contribution >= 0.6 is 11.6 Å². The van der Waals surface area contributed by atoms with Crippen molar-refractivity contribution >= 4 is 29.4 Å². The van der Waals surface area contributed by atoms with Crippen LogP contribution in [0.3, 0.4) is 0 Å². The van der Waals surface area contributed by atoms with Gasteiger partial charge in [-0.25, -0.2) is 0 Å². The number of hydrogen-bond acceptors (Lipinski definition) is 4. The Bertz CT molecular complexity index is 800. The van der Waals surface area contributed by atoms with Gasteiger partial charge in [0.2, 0.25) is 11.8 Å². The molecule has 1 aromatic carbocycles. The Morgan fingerprint density at radius 2 is 1.93 bits per heavy atom. The molecule has 30 heavy (non-hydrogen) atoms. The first-order chi connectivity index (χ1) is 14.4. The van der Waals surface area contributed by atoms with Crippen LogP contribution in [0.4, 0.5) is 0 Å². The van der Waals surface area contributed by atoms with Crippen molar-refractivity contribution in [2.75, 3.05) is 32.8 Å². The van der Waals surface area contributed by atoms with Crippen LogP contribution < -0.4 is 0 Å². The van der Waals surface area contributed by atoms with Gasteiger partial charge in [-0.1, -0.05) is 29.8 Å². The fraction of sp³-hybridized carbons (Fsp3) is 0.522. The summed E-state index contributed by atoms with van der Waals surface area (Å²) >= 11 is 5.99. The van der Waals surface area contributed by atoms with Crippen molar-refractivity contribution in [3.8, 4) is 0 Å². The molecule has 2 aliphatic rings. The van der Waals surface area contributed by atoms with Crippen molar-refractivity contribution in [1.82, 2.24) is 9.80 Å². The molecule has 2 amide bonds. The predicted octanol–water partition coefficient (Wildman–Crippen LogP) is 3.09. The van der Waals surface area contributed by atoms with Crippen molar-refractivity contribution in [2.24, 2.45) is 11.3 Å². The summed E-state index contributed by atoms with van der Waals surface area (Å²) < 4.78 is 5.40. The Balaban J connectivity index is 1.67. The first-order valence-electron chi connectivity index (χ1n) is 10.5. The maximum atomic E-state index is 13.0. The average molecular weight is 433 g/mol. The third-order valence-electron chi connectivity index (χ3n) is 6.11. The van der Waals surface area contributed by atoms with E-state index in [9.17, 15) is 14.4 Å². The van der Waals surface area contributed by atoms with Crippen molar-refractivity contribution in [1.29, 1.82) is 0 Å².